The lowest BCUT2D eigenvalue weighted by Gasteiger charge is -2.24. The Kier molecular flexibility index (Phi) is 22.6. The van der Waals surface area contributed by atoms with Crippen molar-refractivity contribution in [3.63, 3.8) is 0 Å². The summed E-state index contributed by atoms with van der Waals surface area (Å²) < 4.78 is 11.0. The second-order valence-electron chi connectivity index (χ2n) is 21.7. The number of methoxy groups -OCH3 is 2. The van der Waals surface area contributed by atoms with E-state index in [0.29, 0.717) is 24.2 Å². The van der Waals surface area contributed by atoms with Crippen LogP contribution in [0.25, 0.3) is 53.8 Å². The molecule has 0 aliphatic carbocycles. The molecule has 4 heterocycles. The fourth-order valence-corrected chi connectivity index (χ4v) is 13.6. The minimum atomic E-state index is -0.0318. The number of benzene rings is 4. The minimum Gasteiger partial charge on any atom is -0.497 e. The molecule has 6 aromatic rings. The number of carbonyl (C=O) groups excluding carboxylic acids is 2. The van der Waals surface area contributed by atoms with Gasteiger partial charge in [0.2, 0.25) is 0 Å². The van der Waals surface area contributed by atoms with Gasteiger partial charge in [0.1, 0.15) is 11.5 Å². The topological polar surface area (TPSA) is 59.1 Å². The van der Waals surface area contributed by atoms with Crippen molar-refractivity contribution in [3.05, 3.63) is 118 Å². The normalized spacial score (nSPS) is 13.7. The van der Waals surface area contributed by atoms with Gasteiger partial charge < -0.3 is 19.3 Å². The standard InChI is InChI=1S/C68H88N2O4S2/c1-5-7-9-11-13-15-17-19-21-23-25-27-29-31-45-69-65(61-43-41-59(75-61)55-35-33-53-49-57(73-3)39-37-51(53)47-55)63-64(67(69)71)66(62-44-42-60(76-62)56-36-34-54-50-58(74-4)40-38-52(54)48-56)70(68(63)72)46-32-30-28-26-24-22-20-18-16-14-12-10-8-6-2/h33-44,47-50H,5-32,45-46H2,1-4H3. The Hall–Kier alpha value is -5.18. The summed E-state index contributed by atoms with van der Waals surface area (Å²) in [6.07, 6.45) is 35.8. The van der Waals surface area contributed by atoms with Gasteiger partial charge in [-0.2, -0.15) is 0 Å². The lowest BCUT2D eigenvalue weighted by molar-refractivity contribution is -0.124. The van der Waals surface area contributed by atoms with Crippen LogP contribution in [0, 0.1) is 0 Å². The van der Waals surface area contributed by atoms with E-state index in [4.69, 9.17) is 9.47 Å². The van der Waals surface area contributed by atoms with E-state index >= 15 is 9.59 Å². The number of hydrogen-bond donors (Lipinski definition) is 0. The lowest BCUT2D eigenvalue weighted by atomic mass is 10.0. The van der Waals surface area contributed by atoms with E-state index in [1.807, 2.05) is 21.9 Å². The Bertz CT molecular complexity index is 2670. The quantitative estimate of drug-likeness (QED) is 0.0368. The molecule has 2 aromatic heterocycles. The monoisotopic (exact) mass is 1060 g/mol. The molecule has 0 atom stereocenters. The van der Waals surface area contributed by atoms with E-state index in [1.54, 1.807) is 36.9 Å². The molecular weight excluding hydrogens is 973 g/mol. The Balaban J connectivity index is 1.02. The molecule has 6 nitrogen and oxygen atoms in total. The molecule has 0 radical (unpaired) electrons. The summed E-state index contributed by atoms with van der Waals surface area (Å²) in [4.78, 5) is 38.9. The van der Waals surface area contributed by atoms with Gasteiger partial charge in [0, 0.05) is 22.8 Å². The number of thiophene rings is 2. The first-order chi connectivity index (χ1) is 37.4. The molecule has 0 N–H and O–H groups in total. The highest BCUT2D eigenvalue weighted by Gasteiger charge is 2.49. The Morgan fingerprint density at radius 3 is 0.961 bits per heavy atom. The number of rotatable bonds is 36. The molecule has 0 saturated carbocycles. The smallest absolute Gasteiger partial charge is 0.261 e. The fraction of sp³-hybridized carbons (Fsp3) is 0.500. The van der Waals surface area contributed by atoms with Crippen molar-refractivity contribution in [3.8, 4) is 32.4 Å². The van der Waals surface area contributed by atoms with E-state index in [1.165, 1.54) is 154 Å². The molecule has 2 amide bonds. The van der Waals surface area contributed by atoms with Crippen molar-refractivity contribution in [1.29, 1.82) is 0 Å². The molecular formula is C68H88N2O4S2. The molecule has 0 unspecified atom stereocenters. The van der Waals surface area contributed by atoms with Crippen LogP contribution in [0.2, 0.25) is 0 Å². The summed E-state index contributed by atoms with van der Waals surface area (Å²) in [5, 5.41) is 4.54. The first-order valence-corrected chi connectivity index (χ1v) is 31.5. The first kappa shape index (κ1) is 57.0. The third-order valence-electron chi connectivity index (χ3n) is 16.0. The maximum Gasteiger partial charge on any atom is 0.261 e. The van der Waals surface area contributed by atoms with Crippen LogP contribution < -0.4 is 9.47 Å². The number of unbranched alkanes of at least 4 members (excludes halogenated alkanes) is 26. The highest BCUT2D eigenvalue weighted by Crippen LogP contribution is 2.50. The van der Waals surface area contributed by atoms with Gasteiger partial charge in [-0.15, -0.1) is 22.7 Å². The zero-order valence-electron chi connectivity index (χ0n) is 46.8. The van der Waals surface area contributed by atoms with Crippen LogP contribution in [-0.4, -0.2) is 48.9 Å². The Morgan fingerprint density at radius 2 is 0.632 bits per heavy atom. The van der Waals surface area contributed by atoms with Crippen molar-refractivity contribution in [2.45, 2.75) is 194 Å². The third kappa shape index (κ3) is 15.1. The van der Waals surface area contributed by atoms with Gasteiger partial charge in [-0.25, -0.2) is 0 Å². The summed E-state index contributed by atoms with van der Waals surface area (Å²) >= 11 is 3.37. The molecule has 76 heavy (non-hydrogen) atoms. The molecule has 0 fully saturated rings. The second kappa shape index (κ2) is 30.1. The van der Waals surface area contributed by atoms with E-state index in [0.717, 1.165) is 101 Å². The fourth-order valence-electron chi connectivity index (χ4n) is 11.5. The van der Waals surface area contributed by atoms with E-state index in [-0.39, 0.29) is 11.8 Å². The molecule has 4 aromatic carbocycles. The molecule has 0 saturated heterocycles. The van der Waals surface area contributed by atoms with Crippen LogP contribution in [0.3, 0.4) is 0 Å². The van der Waals surface area contributed by atoms with E-state index < -0.39 is 0 Å². The SMILES string of the molecule is CCCCCCCCCCCCCCCCN1C(=O)C2=C(c3ccc(-c4ccc5cc(OC)ccc5c4)s3)N(CCCCCCCCCCCCCCCC)C(=O)C2=C1c1ccc(-c2ccc3cc(OC)ccc3c2)s1. The van der Waals surface area contributed by atoms with Crippen LogP contribution in [0.5, 0.6) is 11.5 Å². The van der Waals surface area contributed by atoms with Gasteiger partial charge in [-0.1, -0.05) is 217 Å². The largest absolute Gasteiger partial charge is 0.497 e. The maximum atomic E-state index is 15.4. The predicted molar refractivity (Wildman–Crippen MR) is 326 cm³/mol. The van der Waals surface area contributed by atoms with Gasteiger partial charge in [0.25, 0.3) is 11.8 Å². The van der Waals surface area contributed by atoms with Crippen molar-refractivity contribution in [2.75, 3.05) is 27.3 Å². The molecule has 406 valence electrons. The van der Waals surface area contributed by atoms with Gasteiger partial charge >= 0.3 is 0 Å². The number of fused-ring (bicyclic) bond motifs is 3. The molecule has 0 bridgehead atoms. The minimum absolute atomic E-state index is 0.0318. The average molecular weight is 1060 g/mol. The summed E-state index contributed by atoms with van der Waals surface area (Å²) in [5.74, 6) is 1.62. The summed E-state index contributed by atoms with van der Waals surface area (Å²) in [6.45, 7) is 5.77. The number of amides is 2. The molecule has 0 spiro atoms. The predicted octanol–water partition coefficient (Wildman–Crippen LogP) is 20.2. The zero-order valence-corrected chi connectivity index (χ0v) is 48.4. The summed E-state index contributed by atoms with van der Waals surface area (Å²) in [6, 6.07) is 34.2. The van der Waals surface area contributed by atoms with Crippen molar-refractivity contribution in [1.82, 2.24) is 9.80 Å². The lowest BCUT2D eigenvalue weighted by Crippen LogP contribution is -2.30. The number of nitrogens with zero attached hydrogens (tertiary/aromatic N) is 2. The zero-order chi connectivity index (χ0) is 52.9. The summed E-state index contributed by atoms with van der Waals surface area (Å²) in [5.41, 5.74) is 5.01. The average Bonchev–Trinajstić information content (AvgIpc) is 4.32. The van der Waals surface area contributed by atoms with Gasteiger partial charge in [0.05, 0.1) is 46.5 Å². The molecule has 2 aliphatic heterocycles. The highest BCUT2D eigenvalue weighted by atomic mass is 32.1. The van der Waals surface area contributed by atoms with E-state index in [9.17, 15) is 0 Å². The van der Waals surface area contributed by atoms with Crippen LogP contribution in [-0.2, 0) is 9.59 Å². The van der Waals surface area contributed by atoms with E-state index in [2.05, 4.69) is 98.8 Å². The van der Waals surface area contributed by atoms with Gasteiger partial charge in [-0.3, -0.25) is 9.59 Å². The van der Waals surface area contributed by atoms with Gasteiger partial charge in [-0.05, 0) is 106 Å². The summed E-state index contributed by atoms with van der Waals surface area (Å²) in [7, 11) is 3.41. The Labute approximate surface area is 465 Å². The first-order valence-electron chi connectivity index (χ1n) is 29.9. The Morgan fingerprint density at radius 1 is 0.342 bits per heavy atom. The molecule has 8 rings (SSSR count). The van der Waals surface area contributed by atoms with Crippen LogP contribution >= 0.6 is 22.7 Å². The highest BCUT2D eigenvalue weighted by molar-refractivity contribution is 7.17. The van der Waals surface area contributed by atoms with Crippen molar-refractivity contribution >= 4 is 67.4 Å². The number of carbonyl (C=O) groups is 2. The van der Waals surface area contributed by atoms with Crippen LogP contribution in [0.1, 0.15) is 203 Å². The number of hydrogen-bond acceptors (Lipinski definition) is 6. The molecule has 2 aliphatic rings. The second-order valence-corrected chi connectivity index (χ2v) is 23.9. The van der Waals surface area contributed by atoms with Crippen molar-refractivity contribution < 1.29 is 19.1 Å². The van der Waals surface area contributed by atoms with Crippen molar-refractivity contribution in [2.24, 2.45) is 0 Å². The van der Waals surface area contributed by atoms with Crippen LogP contribution in [0.4, 0.5) is 0 Å². The van der Waals surface area contributed by atoms with Gasteiger partial charge in [0.15, 0.2) is 0 Å². The van der Waals surface area contributed by atoms with Crippen LogP contribution in [0.15, 0.2) is 108 Å². The third-order valence-corrected chi connectivity index (χ3v) is 18.3. The molecule has 8 heteroatoms. The maximum absolute atomic E-state index is 15.4. The number of ether oxygens (including phenoxy) is 2.